The maximum atomic E-state index is 5.22. The van der Waals surface area contributed by atoms with Crippen molar-refractivity contribution in [2.24, 2.45) is 0 Å². The summed E-state index contributed by atoms with van der Waals surface area (Å²) in [6.07, 6.45) is 3.37. The zero-order valence-corrected chi connectivity index (χ0v) is 9.53. The molecule has 0 spiro atoms. The summed E-state index contributed by atoms with van der Waals surface area (Å²) in [4.78, 5) is 7.99. The second-order valence-electron chi connectivity index (χ2n) is 2.08. The molecule has 3 nitrogen and oxygen atoms in total. The predicted molar refractivity (Wildman–Crippen MR) is 59.2 cm³/mol. The first-order valence-corrected chi connectivity index (χ1v) is 5.03. The van der Waals surface area contributed by atoms with E-state index >= 15 is 0 Å². The Morgan fingerprint density at radius 3 is 2.36 bits per heavy atom. The molecule has 0 aromatic carbocycles. The number of aromatic nitrogens is 2. The molecule has 3 heteroatoms. The highest BCUT2D eigenvalue weighted by Crippen LogP contribution is 2.11. The molecule has 0 bridgehead atoms. The van der Waals surface area contributed by atoms with Gasteiger partial charge in [-0.1, -0.05) is 27.7 Å². The summed E-state index contributed by atoms with van der Waals surface area (Å²) < 4.78 is 5.22. The number of pyridine rings is 1. The predicted octanol–water partition coefficient (Wildman–Crippen LogP) is 3.58. The number of nitrogens with zero attached hydrogens (tertiary/aromatic N) is 2. The van der Waals surface area contributed by atoms with Crippen LogP contribution in [0.3, 0.4) is 0 Å². The van der Waals surface area contributed by atoms with Crippen LogP contribution in [0.1, 0.15) is 33.6 Å². The van der Waals surface area contributed by atoms with E-state index in [1.165, 1.54) is 0 Å². The highest BCUT2D eigenvalue weighted by Gasteiger charge is 1.98. The van der Waals surface area contributed by atoms with E-state index in [2.05, 4.69) is 9.97 Å². The highest BCUT2D eigenvalue weighted by molar-refractivity contribution is 5.70. The van der Waals surface area contributed by atoms with Crippen LogP contribution in [0.25, 0.3) is 11.1 Å². The molecule has 0 saturated carbocycles. The fraction of sp³-hybridized carbons (Fsp3) is 0.455. The molecule has 0 atom stereocenters. The third-order valence-corrected chi connectivity index (χ3v) is 1.30. The van der Waals surface area contributed by atoms with Gasteiger partial charge in [-0.15, -0.1) is 0 Å². The minimum Gasteiger partial charge on any atom is -0.441 e. The van der Waals surface area contributed by atoms with E-state index in [4.69, 9.17) is 4.42 Å². The van der Waals surface area contributed by atoms with Crippen LogP contribution in [0.2, 0.25) is 0 Å². The van der Waals surface area contributed by atoms with Crippen molar-refractivity contribution in [2.75, 3.05) is 0 Å². The second kappa shape index (κ2) is 7.06. The molecule has 2 aromatic heterocycles. The SMILES string of the molecule is CC.CC.Cc1nc2cnccc2o1. The Kier molecular flexibility index (Phi) is 6.37. The van der Waals surface area contributed by atoms with Crippen molar-refractivity contribution in [3.8, 4) is 0 Å². The smallest absolute Gasteiger partial charge is 0.192 e. The molecule has 0 aliphatic heterocycles. The fourth-order valence-electron chi connectivity index (χ4n) is 0.895. The van der Waals surface area contributed by atoms with E-state index in [1.807, 2.05) is 34.6 Å². The van der Waals surface area contributed by atoms with Crippen LogP contribution >= 0.6 is 0 Å². The molecular formula is C11H18N2O. The van der Waals surface area contributed by atoms with Gasteiger partial charge in [0.05, 0.1) is 6.20 Å². The van der Waals surface area contributed by atoms with Gasteiger partial charge in [0, 0.05) is 19.2 Å². The summed E-state index contributed by atoms with van der Waals surface area (Å²) in [5, 5.41) is 0. The Balaban J connectivity index is 0.000000379. The van der Waals surface area contributed by atoms with Crippen molar-refractivity contribution in [3.05, 3.63) is 24.4 Å². The standard InChI is InChI=1S/C7H6N2O.2C2H6/c1-5-9-6-4-8-3-2-7(6)10-5;2*1-2/h2-4H,1H3;2*1-2H3. The zero-order valence-electron chi connectivity index (χ0n) is 9.53. The topological polar surface area (TPSA) is 38.9 Å². The van der Waals surface area contributed by atoms with Crippen molar-refractivity contribution in [1.82, 2.24) is 9.97 Å². The zero-order chi connectivity index (χ0) is 11.0. The van der Waals surface area contributed by atoms with E-state index < -0.39 is 0 Å². The number of oxazole rings is 1. The average molecular weight is 194 g/mol. The van der Waals surface area contributed by atoms with E-state index in [-0.39, 0.29) is 0 Å². The Labute approximate surface area is 85.2 Å². The molecule has 0 unspecified atom stereocenters. The first-order chi connectivity index (χ1) is 6.86. The molecule has 0 aliphatic carbocycles. The van der Waals surface area contributed by atoms with E-state index in [1.54, 1.807) is 18.5 Å². The molecule has 0 aliphatic rings. The van der Waals surface area contributed by atoms with Gasteiger partial charge in [0.25, 0.3) is 0 Å². The maximum Gasteiger partial charge on any atom is 0.192 e. The normalized spacial score (nSPS) is 8.36. The van der Waals surface area contributed by atoms with Crippen LogP contribution in [0, 0.1) is 6.92 Å². The lowest BCUT2D eigenvalue weighted by Gasteiger charge is -1.79. The largest absolute Gasteiger partial charge is 0.441 e. The number of aryl methyl sites for hydroxylation is 1. The van der Waals surface area contributed by atoms with Gasteiger partial charge in [-0.25, -0.2) is 4.98 Å². The van der Waals surface area contributed by atoms with Gasteiger partial charge < -0.3 is 4.42 Å². The van der Waals surface area contributed by atoms with Crippen LogP contribution in [-0.4, -0.2) is 9.97 Å². The quantitative estimate of drug-likeness (QED) is 0.643. The van der Waals surface area contributed by atoms with E-state index in [0.29, 0.717) is 5.89 Å². The van der Waals surface area contributed by atoms with Crippen LogP contribution in [0.4, 0.5) is 0 Å². The first-order valence-electron chi connectivity index (χ1n) is 5.03. The van der Waals surface area contributed by atoms with Gasteiger partial charge in [-0.2, -0.15) is 0 Å². The van der Waals surface area contributed by atoms with Crippen molar-refractivity contribution < 1.29 is 4.42 Å². The van der Waals surface area contributed by atoms with Crippen molar-refractivity contribution in [3.63, 3.8) is 0 Å². The average Bonchev–Trinajstić information content (AvgIpc) is 2.64. The lowest BCUT2D eigenvalue weighted by molar-refractivity contribution is 0.561. The van der Waals surface area contributed by atoms with Crippen molar-refractivity contribution in [1.29, 1.82) is 0 Å². The number of hydrogen-bond donors (Lipinski definition) is 0. The summed E-state index contributed by atoms with van der Waals surface area (Å²) in [5.74, 6) is 0.683. The van der Waals surface area contributed by atoms with Crippen molar-refractivity contribution >= 4 is 11.1 Å². The molecule has 2 aromatic rings. The minimum absolute atomic E-state index is 0.683. The number of rotatable bonds is 0. The van der Waals surface area contributed by atoms with Crippen LogP contribution in [-0.2, 0) is 0 Å². The molecule has 2 heterocycles. The summed E-state index contributed by atoms with van der Waals surface area (Å²) in [6.45, 7) is 9.82. The maximum absolute atomic E-state index is 5.22. The molecule has 0 fully saturated rings. The fourth-order valence-corrected chi connectivity index (χ4v) is 0.895. The van der Waals surface area contributed by atoms with Crippen LogP contribution in [0.5, 0.6) is 0 Å². The Hall–Kier alpha value is -1.38. The van der Waals surface area contributed by atoms with Gasteiger partial charge >= 0.3 is 0 Å². The monoisotopic (exact) mass is 194 g/mol. The lowest BCUT2D eigenvalue weighted by atomic mass is 10.4. The Morgan fingerprint density at radius 1 is 1.14 bits per heavy atom. The Bertz CT molecular complexity index is 322. The van der Waals surface area contributed by atoms with Gasteiger partial charge in [-0.3, -0.25) is 4.98 Å². The van der Waals surface area contributed by atoms with Gasteiger partial charge in [-0.05, 0) is 0 Å². The van der Waals surface area contributed by atoms with E-state index in [0.717, 1.165) is 11.1 Å². The van der Waals surface area contributed by atoms with Gasteiger partial charge in [0.1, 0.15) is 5.52 Å². The molecule has 0 amide bonds. The highest BCUT2D eigenvalue weighted by atomic mass is 16.3. The van der Waals surface area contributed by atoms with Gasteiger partial charge in [0.15, 0.2) is 11.5 Å². The van der Waals surface area contributed by atoms with Crippen LogP contribution < -0.4 is 0 Å². The van der Waals surface area contributed by atoms with Crippen molar-refractivity contribution in [2.45, 2.75) is 34.6 Å². The Morgan fingerprint density at radius 2 is 1.79 bits per heavy atom. The third-order valence-electron chi connectivity index (χ3n) is 1.30. The number of hydrogen-bond acceptors (Lipinski definition) is 3. The minimum atomic E-state index is 0.683. The second-order valence-corrected chi connectivity index (χ2v) is 2.08. The summed E-state index contributed by atoms with van der Waals surface area (Å²) >= 11 is 0. The third kappa shape index (κ3) is 3.17. The molecule has 0 saturated heterocycles. The molecule has 14 heavy (non-hydrogen) atoms. The molecule has 0 N–H and O–H groups in total. The summed E-state index contributed by atoms with van der Waals surface area (Å²) in [5.41, 5.74) is 1.62. The summed E-state index contributed by atoms with van der Waals surface area (Å²) in [7, 11) is 0. The summed E-state index contributed by atoms with van der Waals surface area (Å²) in [6, 6.07) is 1.80. The molecular weight excluding hydrogens is 176 g/mol. The molecule has 78 valence electrons. The van der Waals surface area contributed by atoms with Gasteiger partial charge in [0.2, 0.25) is 0 Å². The lowest BCUT2D eigenvalue weighted by Crippen LogP contribution is -1.69. The molecule has 2 rings (SSSR count). The van der Waals surface area contributed by atoms with Crippen LogP contribution in [0.15, 0.2) is 22.9 Å². The first kappa shape index (κ1) is 12.6. The molecule has 0 radical (unpaired) electrons. The number of fused-ring (bicyclic) bond motifs is 1. The van der Waals surface area contributed by atoms with E-state index in [9.17, 15) is 0 Å².